The molecule has 29 heavy (non-hydrogen) atoms. The molecule has 0 saturated heterocycles. The molecule has 2 aromatic rings. The minimum atomic E-state index is -0.927. The van der Waals surface area contributed by atoms with Gasteiger partial charge in [0.2, 0.25) is 6.79 Å². The predicted molar refractivity (Wildman–Crippen MR) is 111 cm³/mol. The van der Waals surface area contributed by atoms with E-state index in [9.17, 15) is 9.59 Å². The molecule has 1 aliphatic rings. The Hall–Kier alpha value is -3.28. The number of nitrogens with one attached hydrogen (secondary N) is 1. The van der Waals surface area contributed by atoms with Crippen LogP contribution < -0.4 is 14.8 Å². The number of amides is 1. The van der Waals surface area contributed by atoms with E-state index in [1.165, 1.54) is 6.08 Å². The maximum atomic E-state index is 12.5. The standard InChI is InChI=1S/C23H25NO5/c1-14(2)18-7-5-6-15(3)22(18)24-23(26)16(4)29-21(25)11-9-17-8-10-19-20(12-17)28-13-27-19/h5-12,14,16H,13H2,1-4H3,(H,24,26)/b11-9+. The summed E-state index contributed by atoms with van der Waals surface area (Å²) in [7, 11) is 0. The summed E-state index contributed by atoms with van der Waals surface area (Å²) in [6.07, 6.45) is 1.96. The SMILES string of the molecule is Cc1cccc(C(C)C)c1NC(=O)C(C)OC(=O)/C=C/c1ccc2c(c1)OCO2. The van der Waals surface area contributed by atoms with E-state index in [-0.39, 0.29) is 18.6 Å². The fourth-order valence-corrected chi connectivity index (χ4v) is 3.02. The van der Waals surface area contributed by atoms with Crippen molar-refractivity contribution in [1.82, 2.24) is 0 Å². The molecule has 0 fully saturated rings. The number of para-hydroxylation sites is 1. The van der Waals surface area contributed by atoms with Crippen LogP contribution in [-0.2, 0) is 14.3 Å². The van der Waals surface area contributed by atoms with Gasteiger partial charge in [0.05, 0.1) is 0 Å². The average molecular weight is 395 g/mol. The second-order valence-electron chi connectivity index (χ2n) is 7.21. The van der Waals surface area contributed by atoms with Gasteiger partial charge in [-0.2, -0.15) is 0 Å². The first-order valence-electron chi connectivity index (χ1n) is 9.54. The average Bonchev–Trinajstić information content (AvgIpc) is 3.15. The lowest BCUT2D eigenvalue weighted by atomic mass is 9.98. The molecule has 0 aliphatic carbocycles. The Labute approximate surface area is 170 Å². The van der Waals surface area contributed by atoms with Gasteiger partial charge in [0.25, 0.3) is 5.91 Å². The quantitative estimate of drug-likeness (QED) is 0.579. The number of carbonyl (C=O) groups excluding carboxylic acids is 2. The topological polar surface area (TPSA) is 73.9 Å². The van der Waals surface area contributed by atoms with E-state index in [1.807, 2.05) is 25.1 Å². The molecule has 1 atom stereocenters. The van der Waals surface area contributed by atoms with Gasteiger partial charge in [-0.15, -0.1) is 0 Å². The molecule has 1 aliphatic heterocycles. The summed E-state index contributed by atoms with van der Waals surface area (Å²) in [6.45, 7) is 7.81. The summed E-state index contributed by atoms with van der Waals surface area (Å²) in [4.78, 5) is 24.6. The third-order valence-corrected chi connectivity index (χ3v) is 4.65. The second-order valence-corrected chi connectivity index (χ2v) is 7.21. The van der Waals surface area contributed by atoms with E-state index in [4.69, 9.17) is 14.2 Å². The van der Waals surface area contributed by atoms with Gasteiger partial charge < -0.3 is 19.5 Å². The van der Waals surface area contributed by atoms with Crippen molar-refractivity contribution >= 4 is 23.6 Å². The Kier molecular flexibility index (Phi) is 6.22. The lowest BCUT2D eigenvalue weighted by molar-refractivity contribution is -0.148. The number of carbonyl (C=O) groups is 2. The molecule has 0 saturated carbocycles. The van der Waals surface area contributed by atoms with Crippen LogP contribution in [0.5, 0.6) is 11.5 Å². The summed E-state index contributed by atoms with van der Waals surface area (Å²) in [5, 5.41) is 2.90. The third-order valence-electron chi connectivity index (χ3n) is 4.65. The van der Waals surface area contributed by atoms with Gasteiger partial charge in [-0.1, -0.05) is 38.1 Å². The number of esters is 1. The number of ether oxygens (including phenoxy) is 3. The highest BCUT2D eigenvalue weighted by atomic mass is 16.7. The molecular formula is C23H25NO5. The van der Waals surface area contributed by atoms with Crippen molar-refractivity contribution < 1.29 is 23.8 Å². The van der Waals surface area contributed by atoms with Crippen molar-refractivity contribution in [2.24, 2.45) is 0 Å². The first-order valence-corrected chi connectivity index (χ1v) is 9.54. The highest BCUT2D eigenvalue weighted by molar-refractivity contribution is 5.97. The number of benzene rings is 2. The molecule has 6 nitrogen and oxygen atoms in total. The summed E-state index contributed by atoms with van der Waals surface area (Å²) in [6, 6.07) is 11.2. The Balaban J connectivity index is 1.60. The largest absolute Gasteiger partial charge is 0.454 e. The number of fused-ring (bicyclic) bond motifs is 1. The Bertz CT molecular complexity index is 948. The summed E-state index contributed by atoms with van der Waals surface area (Å²) in [5.74, 6) is 0.595. The van der Waals surface area contributed by atoms with Crippen molar-refractivity contribution in [2.45, 2.75) is 39.7 Å². The monoisotopic (exact) mass is 395 g/mol. The summed E-state index contributed by atoms with van der Waals surface area (Å²) >= 11 is 0. The van der Waals surface area contributed by atoms with Crippen LogP contribution in [0.25, 0.3) is 6.08 Å². The first kappa shape index (κ1) is 20.5. The van der Waals surface area contributed by atoms with Crippen LogP contribution in [0.1, 0.15) is 43.4 Å². The molecule has 1 heterocycles. The van der Waals surface area contributed by atoms with Gasteiger partial charge in [0.15, 0.2) is 17.6 Å². The van der Waals surface area contributed by atoms with Crippen molar-refractivity contribution in [3.63, 3.8) is 0 Å². The zero-order valence-corrected chi connectivity index (χ0v) is 17.0. The minimum Gasteiger partial charge on any atom is -0.454 e. The smallest absolute Gasteiger partial charge is 0.331 e. The van der Waals surface area contributed by atoms with Crippen LogP contribution >= 0.6 is 0 Å². The Morgan fingerprint density at radius 1 is 1.10 bits per heavy atom. The van der Waals surface area contributed by atoms with Crippen molar-refractivity contribution in [3.05, 3.63) is 59.2 Å². The first-order chi connectivity index (χ1) is 13.8. The lowest BCUT2D eigenvalue weighted by Crippen LogP contribution is -2.30. The molecule has 1 amide bonds. The van der Waals surface area contributed by atoms with Gasteiger partial charge in [0.1, 0.15) is 0 Å². The normalized spacial score (nSPS) is 13.6. The molecule has 0 radical (unpaired) electrons. The molecule has 0 aromatic heterocycles. The molecule has 6 heteroatoms. The lowest BCUT2D eigenvalue weighted by Gasteiger charge is -2.18. The molecule has 2 aromatic carbocycles. The second kappa shape index (κ2) is 8.82. The fourth-order valence-electron chi connectivity index (χ4n) is 3.02. The van der Waals surface area contributed by atoms with Crippen molar-refractivity contribution in [2.75, 3.05) is 12.1 Å². The predicted octanol–water partition coefficient (Wildman–Crippen LogP) is 4.43. The summed E-state index contributed by atoms with van der Waals surface area (Å²) in [5.41, 5.74) is 3.54. The van der Waals surface area contributed by atoms with Crippen LogP contribution in [-0.4, -0.2) is 24.8 Å². The van der Waals surface area contributed by atoms with E-state index in [1.54, 1.807) is 31.2 Å². The van der Waals surface area contributed by atoms with E-state index < -0.39 is 12.1 Å². The van der Waals surface area contributed by atoms with Crippen molar-refractivity contribution in [3.8, 4) is 11.5 Å². The van der Waals surface area contributed by atoms with Crippen LogP contribution in [0.15, 0.2) is 42.5 Å². The molecule has 3 rings (SSSR count). The molecule has 0 bridgehead atoms. The number of hydrogen-bond acceptors (Lipinski definition) is 5. The van der Waals surface area contributed by atoms with Gasteiger partial charge in [-0.05, 0) is 54.7 Å². The van der Waals surface area contributed by atoms with E-state index in [0.717, 1.165) is 22.4 Å². The van der Waals surface area contributed by atoms with Crippen LogP contribution in [0, 0.1) is 6.92 Å². The summed E-state index contributed by atoms with van der Waals surface area (Å²) < 4.78 is 15.8. The molecular weight excluding hydrogens is 370 g/mol. The fraction of sp³-hybridized carbons (Fsp3) is 0.304. The van der Waals surface area contributed by atoms with Gasteiger partial charge in [0, 0.05) is 11.8 Å². The van der Waals surface area contributed by atoms with Crippen molar-refractivity contribution in [1.29, 1.82) is 0 Å². The molecule has 0 spiro atoms. The Morgan fingerprint density at radius 3 is 2.62 bits per heavy atom. The van der Waals surface area contributed by atoms with Gasteiger partial charge >= 0.3 is 5.97 Å². The molecule has 1 unspecified atom stereocenters. The van der Waals surface area contributed by atoms with Gasteiger partial charge in [-0.3, -0.25) is 4.79 Å². The number of rotatable bonds is 6. The van der Waals surface area contributed by atoms with Crippen LogP contribution in [0.3, 0.4) is 0 Å². The highest BCUT2D eigenvalue weighted by Crippen LogP contribution is 2.32. The maximum Gasteiger partial charge on any atom is 0.331 e. The Morgan fingerprint density at radius 2 is 1.86 bits per heavy atom. The minimum absolute atomic E-state index is 0.191. The molecule has 152 valence electrons. The zero-order chi connectivity index (χ0) is 21.0. The van der Waals surface area contributed by atoms with Crippen LogP contribution in [0.4, 0.5) is 5.69 Å². The molecule has 1 N–H and O–H groups in total. The highest BCUT2D eigenvalue weighted by Gasteiger charge is 2.19. The van der Waals surface area contributed by atoms with E-state index >= 15 is 0 Å². The zero-order valence-electron chi connectivity index (χ0n) is 17.0. The van der Waals surface area contributed by atoms with Crippen LogP contribution in [0.2, 0.25) is 0 Å². The van der Waals surface area contributed by atoms with Gasteiger partial charge in [-0.25, -0.2) is 4.79 Å². The van der Waals surface area contributed by atoms with E-state index in [0.29, 0.717) is 11.5 Å². The number of hydrogen-bond donors (Lipinski definition) is 1. The number of anilines is 1. The maximum absolute atomic E-state index is 12.5. The van der Waals surface area contributed by atoms with E-state index in [2.05, 4.69) is 19.2 Å². The number of aryl methyl sites for hydroxylation is 1. The third kappa shape index (κ3) is 4.96.